The van der Waals surface area contributed by atoms with Gasteiger partial charge in [0.25, 0.3) is 5.91 Å². The Kier molecular flexibility index (Phi) is 6.70. The number of methoxy groups -OCH3 is 1. The van der Waals surface area contributed by atoms with Crippen LogP contribution in [0.5, 0.6) is 5.75 Å². The van der Waals surface area contributed by atoms with Crippen molar-refractivity contribution in [3.05, 3.63) is 69.8 Å². The molecule has 2 aromatic rings. The van der Waals surface area contributed by atoms with Crippen LogP contribution >= 0.6 is 11.8 Å². The quantitative estimate of drug-likeness (QED) is 0.573. The fourth-order valence-corrected chi connectivity index (χ4v) is 3.48. The molecule has 26 heavy (non-hydrogen) atoms. The average Bonchev–Trinajstić information content (AvgIpc) is 2.61. The molecule has 0 spiro atoms. The Morgan fingerprint density at radius 1 is 1.27 bits per heavy atom. The molecule has 0 aliphatic carbocycles. The van der Waals surface area contributed by atoms with Gasteiger partial charge in [0.15, 0.2) is 0 Å². The van der Waals surface area contributed by atoms with Gasteiger partial charge in [-0.05, 0) is 37.1 Å². The van der Waals surface area contributed by atoms with Gasteiger partial charge in [-0.3, -0.25) is 4.79 Å². The summed E-state index contributed by atoms with van der Waals surface area (Å²) in [4.78, 5) is 11.7. The first kappa shape index (κ1) is 19.4. The van der Waals surface area contributed by atoms with E-state index in [-0.39, 0.29) is 5.57 Å². The number of nitriles is 1. The van der Waals surface area contributed by atoms with Crippen LogP contribution < -0.4 is 15.8 Å². The number of carbonyl (C=O) groups excluding carboxylic acids is 1. The van der Waals surface area contributed by atoms with Crippen molar-refractivity contribution < 1.29 is 9.53 Å². The minimum Gasteiger partial charge on any atom is -0.497 e. The number of aryl methyl sites for hydroxylation is 2. The van der Waals surface area contributed by atoms with Crippen molar-refractivity contribution in [1.82, 2.24) is 0 Å². The Morgan fingerprint density at radius 3 is 2.65 bits per heavy atom. The molecule has 6 heteroatoms. The Bertz CT molecular complexity index is 885. The highest BCUT2D eigenvalue weighted by atomic mass is 32.2. The third-order valence-corrected chi connectivity index (χ3v) is 4.83. The highest BCUT2D eigenvalue weighted by molar-refractivity contribution is 8.02. The third kappa shape index (κ3) is 5.04. The summed E-state index contributed by atoms with van der Waals surface area (Å²) in [5, 5.41) is 12.9. The van der Waals surface area contributed by atoms with E-state index in [2.05, 4.69) is 17.4 Å². The first-order valence-corrected chi connectivity index (χ1v) is 8.97. The number of nitrogens with one attached hydrogen (secondary N) is 1. The molecule has 0 fully saturated rings. The number of nitrogens with zero attached hydrogens (tertiary/aromatic N) is 1. The molecule has 0 heterocycles. The number of carbonyl (C=O) groups is 1. The molecule has 2 rings (SSSR count). The lowest BCUT2D eigenvalue weighted by Gasteiger charge is -2.14. The number of anilines is 1. The lowest BCUT2D eigenvalue weighted by atomic mass is 10.1. The number of benzene rings is 2. The number of hydrogen-bond donors (Lipinski definition) is 2. The van der Waals surface area contributed by atoms with Gasteiger partial charge in [0.05, 0.1) is 12.1 Å². The second kappa shape index (κ2) is 8.97. The highest BCUT2D eigenvalue weighted by Crippen LogP contribution is 2.29. The Labute approximate surface area is 157 Å². The molecule has 0 aromatic heterocycles. The lowest BCUT2D eigenvalue weighted by molar-refractivity contribution is -0.114. The van der Waals surface area contributed by atoms with Crippen LogP contribution in [0.2, 0.25) is 0 Å². The van der Waals surface area contributed by atoms with Gasteiger partial charge in [-0.1, -0.05) is 29.8 Å². The van der Waals surface area contributed by atoms with Gasteiger partial charge < -0.3 is 15.8 Å². The van der Waals surface area contributed by atoms with Gasteiger partial charge in [0, 0.05) is 17.5 Å². The molecule has 0 saturated carbocycles. The average molecular weight is 367 g/mol. The molecular formula is C20H21N3O2S. The highest BCUT2D eigenvalue weighted by Gasteiger charge is 2.14. The van der Waals surface area contributed by atoms with Gasteiger partial charge in [-0.25, -0.2) is 0 Å². The van der Waals surface area contributed by atoms with Crippen molar-refractivity contribution in [1.29, 1.82) is 5.26 Å². The SMILES string of the molecule is COc1cccc(NC(SCc2ccc(C)cc2C)=C(C#N)C(N)=O)c1. The number of nitrogens with two attached hydrogens (primary N) is 1. The van der Waals surface area contributed by atoms with E-state index < -0.39 is 5.91 Å². The largest absolute Gasteiger partial charge is 0.497 e. The smallest absolute Gasteiger partial charge is 0.262 e. The minimum absolute atomic E-state index is 0.0948. The van der Waals surface area contributed by atoms with Gasteiger partial charge in [0.2, 0.25) is 0 Å². The number of hydrogen-bond acceptors (Lipinski definition) is 5. The van der Waals surface area contributed by atoms with Crippen molar-refractivity contribution in [2.75, 3.05) is 12.4 Å². The molecule has 0 radical (unpaired) electrons. The summed E-state index contributed by atoms with van der Waals surface area (Å²) in [6.07, 6.45) is 0. The first-order valence-electron chi connectivity index (χ1n) is 7.98. The van der Waals surface area contributed by atoms with Crippen molar-refractivity contribution in [2.24, 2.45) is 5.73 Å². The molecule has 0 bridgehead atoms. The molecule has 1 amide bonds. The summed E-state index contributed by atoms with van der Waals surface area (Å²) in [6.45, 7) is 4.08. The Hall–Kier alpha value is -2.91. The zero-order chi connectivity index (χ0) is 19.1. The zero-order valence-corrected chi connectivity index (χ0v) is 15.8. The standard InChI is InChI=1S/C20H21N3O2S/c1-13-7-8-15(14(2)9-13)12-26-20(18(11-21)19(22)24)23-16-5-4-6-17(10-16)25-3/h4-10,23H,12H2,1-3H3,(H2,22,24). The van der Waals surface area contributed by atoms with Gasteiger partial charge in [-0.2, -0.15) is 5.26 Å². The fourth-order valence-electron chi connectivity index (χ4n) is 2.38. The molecule has 0 aliphatic heterocycles. The van der Waals surface area contributed by atoms with Crippen LogP contribution in [0.4, 0.5) is 5.69 Å². The fraction of sp³-hybridized carbons (Fsp3) is 0.200. The van der Waals surface area contributed by atoms with Crippen LogP contribution in [0.3, 0.4) is 0 Å². The summed E-state index contributed by atoms with van der Waals surface area (Å²) in [6, 6.07) is 15.4. The normalized spacial score (nSPS) is 11.3. The van der Waals surface area contributed by atoms with E-state index in [9.17, 15) is 10.1 Å². The lowest BCUT2D eigenvalue weighted by Crippen LogP contribution is -2.16. The maximum absolute atomic E-state index is 11.7. The monoisotopic (exact) mass is 367 g/mol. The summed E-state index contributed by atoms with van der Waals surface area (Å²) in [5.41, 5.74) is 9.48. The van der Waals surface area contributed by atoms with Gasteiger partial charge >= 0.3 is 0 Å². The molecule has 0 aliphatic rings. The molecule has 0 unspecified atom stereocenters. The van der Waals surface area contributed by atoms with E-state index in [0.717, 1.165) is 11.1 Å². The zero-order valence-electron chi connectivity index (χ0n) is 15.0. The Balaban J connectivity index is 2.30. The maximum Gasteiger partial charge on any atom is 0.262 e. The second-order valence-corrected chi connectivity index (χ2v) is 6.74. The second-order valence-electron chi connectivity index (χ2n) is 5.76. The third-order valence-electron chi connectivity index (χ3n) is 3.78. The van der Waals surface area contributed by atoms with Crippen LogP contribution in [0.15, 0.2) is 53.1 Å². The minimum atomic E-state index is -0.758. The van der Waals surface area contributed by atoms with E-state index in [1.165, 1.54) is 17.3 Å². The van der Waals surface area contributed by atoms with E-state index in [1.54, 1.807) is 13.2 Å². The number of thioether (sulfide) groups is 1. The molecule has 0 saturated heterocycles. The van der Waals surface area contributed by atoms with Crippen LogP contribution in [0.1, 0.15) is 16.7 Å². The molecule has 5 nitrogen and oxygen atoms in total. The number of ether oxygens (including phenoxy) is 1. The van der Waals surface area contributed by atoms with E-state index in [4.69, 9.17) is 10.5 Å². The van der Waals surface area contributed by atoms with Crippen molar-refractivity contribution in [3.8, 4) is 11.8 Å². The summed E-state index contributed by atoms with van der Waals surface area (Å²) in [7, 11) is 1.58. The van der Waals surface area contributed by atoms with E-state index in [1.807, 2.05) is 44.2 Å². The summed E-state index contributed by atoms with van der Waals surface area (Å²) >= 11 is 1.37. The van der Waals surface area contributed by atoms with Crippen molar-refractivity contribution >= 4 is 23.4 Å². The topological polar surface area (TPSA) is 88.1 Å². The van der Waals surface area contributed by atoms with Crippen molar-refractivity contribution in [2.45, 2.75) is 19.6 Å². The number of amides is 1. The predicted molar refractivity (Wildman–Crippen MR) is 106 cm³/mol. The van der Waals surface area contributed by atoms with E-state index in [0.29, 0.717) is 22.2 Å². The molecular weight excluding hydrogens is 346 g/mol. The summed E-state index contributed by atoms with van der Waals surface area (Å²) in [5.74, 6) is 0.522. The molecule has 2 aromatic carbocycles. The van der Waals surface area contributed by atoms with Gasteiger partial charge in [0.1, 0.15) is 17.4 Å². The van der Waals surface area contributed by atoms with Crippen LogP contribution in [0.25, 0.3) is 0 Å². The molecule has 3 N–H and O–H groups in total. The molecule has 0 atom stereocenters. The van der Waals surface area contributed by atoms with Crippen LogP contribution in [0, 0.1) is 25.2 Å². The van der Waals surface area contributed by atoms with Crippen LogP contribution in [-0.4, -0.2) is 13.0 Å². The van der Waals surface area contributed by atoms with Crippen molar-refractivity contribution in [3.63, 3.8) is 0 Å². The van der Waals surface area contributed by atoms with Crippen LogP contribution in [-0.2, 0) is 10.5 Å². The number of rotatable bonds is 7. The van der Waals surface area contributed by atoms with E-state index >= 15 is 0 Å². The first-order chi connectivity index (χ1) is 12.4. The molecule has 134 valence electrons. The van der Waals surface area contributed by atoms with Gasteiger partial charge in [-0.15, -0.1) is 11.8 Å². The maximum atomic E-state index is 11.7. The summed E-state index contributed by atoms with van der Waals surface area (Å²) < 4.78 is 5.21. The Morgan fingerprint density at radius 2 is 2.04 bits per heavy atom. The number of primary amides is 1. The predicted octanol–water partition coefficient (Wildman–Crippen LogP) is 3.88.